The van der Waals surface area contributed by atoms with E-state index >= 15 is 0 Å². The normalized spacial score (nSPS) is 27.1. The van der Waals surface area contributed by atoms with Crippen LogP contribution in [0.25, 0.3) is 0 Å². The van der Waals surface area contributed by atoms with E-state index in [4.69, 9.17) is 0 Å². The van der Waals surface area contributed by atoms with Crippen molar-refractivity contribution in [1.82, 2.24) is 5.32 Å². The highest BCUT2D eigenvalue weighted by molar-refractivity contribution is 7.92. The van der Waals surface area contributed by atoms with Crippen LogP contribution in [0.3, 0.4) is 0 Å². The molecule has 1 aliphatic rings. The van der Waals surface area contributed by atoms with E-state index in [0.29, 0.717) is 6.54 Å². The Morgan fingerprint density at radius 1 is 1.60 bits per heavy atom. The molecule has 1 aliphatic heterocycles. The van der Waals surface area contributed by atoms with Crippen molar-refractivity contribution in [2.75, 3.05) is 18.8 Å². The molecule has 59 valence electrons. The summed E-state index contributed by atoms with van der Waals surface area (Å²) < 4.78 is 22.3. The number of rotatable bonds is 2. The summed E-state index contributed by atoms with van der Waals surface area (Å²) in [6, 6.07) is 0. The zero-order chi connectivity index (χ0) is 7.61. The maximum Gasteiger partial charge on any atom is 0.154 e. The molecule has 4 heteroatoms. The zero-order valence-electron chi connectivity index (χ0n) is 6.08. The molecular formula is C6H12NO2S. The first-order valence-electron chi connectivity index (χ1n) is 3.51. The molecule has 1 saturated heterocycles. The fourth-order valence-electron chi connectivity index (χ4n) is 1.09. The molecule has 0 amide bonds. The molecule has 1 rings (SSSR count). The minimum Gasteiger partial charge on any atom is -0.240 e. The van der Waals surface area contributed by atoms with Crippen LogP contribution in [-0.4, -0.2) is 32.5 Å². The second-order valence-corrected chi connectivity index (χ2v) is 5.06. The number of hydrogen-bond donors (Lipinski definition) is 0. The van der Waals surface area contributed by atoms with Gasteiger partial charge in [-0.25, -0.2) is 13.7 Å². The molecule has 1 radical (unpaired) electrons. The van der Waals surface area contributed by atoms with Gasteiger partial charge < -0.3 is 0 Å². The average molecular weight is 162 g/mol. The lowest BCUT2D eigenvalue weighted by molar-refractivity contribution is 0.584. The highest BCUT2D eigenvalue weighted by Crippen LogP contribution is 2.10. The molecule has 0 bridgehead atoms. The molecule has 1 heterocycles. The molecule has 1 fully saturated rings. The van der Waals surface area contributed by atoms with Crippen molar-refractivity contribution < 1.29 is 8.42 Å². The van der Waals surface area contributed by atoms with Gasteiger partial charge in [-0.2, -0.15) is 0 Å². The van der Waals surface area contributed by atoms with E-state index in [-0.39, 0.29) is 11.0 Å². The summed E-state index contributed by atoms with van der Waals surface area (Å²) in [7, 11) is -2.79. The minimum atomic E-state index is -2.79. The second kappa shape index (κ2) is 2.88. The number of hydrogen-bond acceptors (Lipinski definition) is 2. The van der Waals surface area contributed by atoms with E-state index < -0.39 is 9.84 Å². The molecule has 3 nitrogen and oxygen atoms in total. The molecule has 0 aromatic heterocycles. The maximum absolute atomic E-state index is 11.1. The molecule has 0 aliphatic carbocycles. The molecular weight excluding hydrogens is 150 g/mol. The summed E-state index contributed by atoms with van der Waals surface area (Å²) in [4.78, 5) is 0. The lowest BCUT2D eigenvalue weighted by atomic mass is 10.4. The first-order valence-corrected chi connectivity index (χ1v) is 5.23. The van der Waals surface area contributed by atoms with Crippen LogP contribution in [0.5, 0.6) is 0 Å². The summed E-state index contributed by atoms with van der Waals surface area (Å²) in [5.41, 5.74) is 0. The molecule has 0 aromatic rings. The Bertz CT molecular complexity index is 192. The largest absolute Gasteiger partial charge is 0.240 e. The van der Waals surface area contributed by atoms with Gasteiger partial charge in [-0.05, 0) is 6.42 Å². The zero-order valence-corrected chi connectivity index (χ0v) is 6.89. The smallest absolute Gasteiger partial charge is 0.154 e. The first kappa shape index (κ1) is 8.01. The quantitative estimate of drug-likeness (QED) is 0.564. The fraction of sp³-hybridized carbons (Fsp3) is 1.00. The van der Waals surface area contributed by atoms with Crippen LogP contribution in [0.2, 0.25) is 0 Å². The predicted molar refractivity (Wildman–Crippen MR) is 39.7 cm³/mol. The van der Waals surface area contributed by atoms with Gasteiger partial charge in [0.25, 0.3) is 0 Å². The summed E-state index contributed by atoms with van der Waals surface area (Å²) in [6.45, 7) is 2.94. The third kappa shape index (κ3) is 1.49. The van der Waals surface area contributed by atoms with Gasteiger partial charge in [0.05, 0.1) is 5.25 Å². The lowest BCUT2D eigenvalue weighted by Gasteiger charge is -2.05. The van der Waals surface area contributed by atoms with Crippen LogP contribution in [-0.2, 0) is 9.84 Å². The van der Waals surface area contributed by atoms with Crippen LogP contribution >= 0.6 is 0 Å². The lowest BCUT2D eigenvalue weighted by Crippen LogP contribution is -2.23. The van der Waals surface area contributed by atoms with Gasteiger partial charge in [0.1, 0.15) is 0 Å². The van der Waals surface area contributed by atoms with Crippen molar-refractivity contribution in [2.24, 2.45) is 0 Å². The number of sulfone groups is 1. The van der Waals surface area contributed by atoms with E-state index in [1.54, 1.807) is 6.92 Å². The topological polar surface area (TPSA) is 48.2 Å². The third-order valence-electron chi connectivity index (χ3n) is 1.85. The van der Waals surface area contributed by atoms with Crippen molar-refractivity contribution in [3.05, 3.63) is 0 Å². The average Bonchev–Trinajstić information content (AvgIpc) is 2.38. The number of nitrogens with zero attached hydrogens (tertiary/aromatic N) is 1. The van der Waals surface area contributed by atoms with Crippen molar-refractivity contribution in [2.45, 2.75) is 18.6 Å². The Morgan fingerprint density at radius 3 is 2.70 bits per heavy atom. The Labute approximate surface area is 61.7 Å². The highest BCUT2D eigenvalue weighted by atomic mass is 32.2. The van der Waals surface area contributed by atoms with Crippen molar-refractivity contribution in [3.8, 4) is 0 Å². The molecule has 0 spiro atoms. The third-order valence-corrected chi connectivity index (χ3v) is 4.06. The van der Waals surface area contributed by atoms with Crippen LogP contribution in [0.15, 0.2) is 0 Å². The summed E-state index contributed by atoms with van der Waals surface area (Å²) >= 11 is 0. The maximum atomic E-state index is 11.1. The molecule has 0 saturated carbocycles. The standard InChI is InChI=1S/C6H12NO2S/c1-2-10(8,9)6-3-4-7-5-6/h6H,2-5H2,1H3. The first-order chi connectivity index (χ1) is 4.67. The second-order valence-electron chi connectivity index (χ2n) is 2.49. The highest BCUT2D eigenvalue weighted by Gasteiger charge is 2.27. The van der Waals surface area contributed by atoms with Crippen LogP contribution in [0, 0.1) is 0 Å². The van der Waals surface area contributed by atoms with E-state index in [2.05, 4.69) is 5.32 Å². The van der Waals surface area contributed by atoms with E-state index in [1.165, 1.54) is 0 Å². The van der Waals surface area contributed by atoms with Crippen molar-refractivity contribution in [3.63, 3.8) is 0 Å². The molecule has 0 N–H and O–H groups in total. The SMILES string of the molecule is CCS(=O)(=O)C1CC[N]C1. The van der Waals surface area contributed by atoms with Crippen molar-refractivity contribution in [1.29, 1.82) is 0 Å². The van der Waals surface area contributed by atoms with Crippen LogP contribution < -0.4 is 5.32 Å². The van der Waals surface area contributed by atoms with Gasteiger partial charge in [0, 0.05) is 18.8 Å². The molecule has 10 heavy (non-hydrogen) atoms. The van der Waals surface area contributed by atoms with Gasteiger partial charge in [0.2, 0.25) is 0 Å². The van der Waals surface area contributed by atoms with Gasteiger partial charge in [0.15, 0.2) is 9.84 Å². The van der Waals surface area contributed by atoms with Gasteiger partial charge >= 0.3 is 0 Å². The monoisotopic (exact) mass is 162 g/mol. The Balaban J connectivity index is 2.63. The minimum absolute atomic E-state index is 0.169. The van der Waals surface area contributed by atoms with E-state index in [0.717, 1.165) is 13.0 Å². The van der Waals surface area contributed by atoms with Gasteiger partial charge in [-0.15, -0.1) is 0 Å². The Kier molecular flexibility index (Phi) is 2.31. The molecule has 0 aromatic carbocycles. The van der Waals surface area contributed by atoms with Gasteiger partial charge in [-0.1, -0.05) is 6.92 Å². The Hall–Kier alpha value is -0.0900. The fourth-order valence-corrected chi connectivity index (χ4v) is 2.36. The predicted octanol–water partition coefficient (Wildman–Crippen LogP) is -0.202. The van der Waals surface area contributed by atoms with Crippen LogP contribution in [0.1, 0.15) is 13.3 Å². The van der Waals surface area contributed by atoms with E-state index in [1.807, 2.05) is 0 Å². The Morgan fingerprint density at radius 2 is 2.30 bits per heavy atom. The summed E-state index contributed by atoms with van der Waals surface area (Å²) in [5, 5.41) is 3.83. The van der Waals surface area contributed by atoms with Crippen LogP contribution in [0.4, 0.5) is 0 Å². The molecule has 1 unspecified atom stereocenters. The van der Waals surface area contributed by atoms with Crippen molar-refractivity contribution >= 4 is 9.84 Å². The molecule has 1 atom stereocenters. The summed E-state index contributed by atoms with van der Waals surface area (Å²) in [5.74, 6) is 0.257. The van der Waals surface area contributed by atoms with E-state index in [9.17, 15) is 8.42 Å². The summed E-state index contributed by atoms with van der Waals surface area (Å²) in [6.07, 6.45) is 0.732. The van der Waals surface area contributed by atoms with Gasteiger partial charge in [-0.3, -0.25) is 0 Å².